The minimum absolute atomic E-state index is 0.168. The summed E-state index contributed by atoms with van der Waals surface area (Å²) in [5.74, 6) is -0.212. The summed E-state index contributed by atoms with van der Waals surface area (Å²) in [6.07, 6.45) is 3.97. The average molecular weight is 396 g/mol. The van der Waals surface area contributed by atoms with E-state index in [1.54, 1.807) is 31.2 Å². The number of hydrogen-bond acceptors (Lipinski definition) is 5. The highest BCUT2D eigenvalue weighted by molar-refractivity contribution is 7.89. The highest BCUT2D eigenvalue weighted by Crippen LogP contribution is 2.23. The van der Waals surface area contributed by atoms with Crippen LogP contribution in [0.5, 0.6) is 0 Å². The van der Waals surface area contributed by atoms with Gasteiger partial charge in [-0.15, -0.1) is 0 Å². The first-order chi connectivity index (χ1) is 12.9. The van der Waals surface area contributed by atoms with Crippen molar-refractivity contribution in [2.24, 2.45) is 0 Å². The smallest absolute Gasteiger partial charge is 0.253 e. The van der Waals surface area contributed by atoms with Gasteiger partial charge < -0.3 is 15.0 Å². The summed E-state index contributed by atoms with van der Waals surface area (Å²) in [5, 5.41) is 2.80. The van der Waals surface area contributed by atoms with Crippen LogP contribution < -0.4 is 5.32 Å². The highest BCUT2D eigenvalue weighted by atomic mass is 32.2. The molecule has 8 heteroatoms. The fraction of sp³-hybridized carbons (Fsp3) is 0.632. The first-order valence-electron chi connectivity index (χ1n) is 9.61. The zero-order valence-electron chi connectivity index (χ0n) is 16.1. The van der Waals surface area contributed by atoms with E-state index in [0.717, 1.165) is 38.8 Å². The van der Waals surface area contributed by atoms with E-state index in [9.17, 15) is 13.2 Å². The minimum atomic E-state index is -3.49. The van der Waals surface area contributed by atoms with Gasteiger partial charge in [0.25, 0.3) is 5.91 Å². The molecule has 1 saturated carbocycles. The fourth-order valence-corrected chi connectivity index (χ4v) is 4.93. The van der Waals surface area contributed by atoms with Crippen molar-refractivity contribution in [3.8, 4) is 0 Å². The molecule has 7 nitrogen and oxygen atoms in total. The lowest BCUT2D eigenvalue weighted by Gasteiger charge is -2.31. The number of likely N-dealkylation sites (N-methyl/N-ethyl adjacent to an activating group) is 1. The van der Waals surface area contributed by atoms with E-state index in [4.69, 9.17) is 4.74 Å². The van der Waals surface area contributed by atoms with Gasteiger partial charge in [-0.25, -0.2) is 8.42 Å². The number of ether oxygens (including phenoxy) is 1. The SMILES string of the molecule is C[C@H](OC1CCCC1)C(=O)Nc1ccc(S(=O)(=O)N2CCN(C)CC2)cc1. The number of carbonyl (C=O) groups is 1. The van der Waals surface area contributed by atoms with Crippen molar-refractivity contribution < 1.29 is 17.9 Å². The first-order valence-corrected chi connectivity index (χ1v) is 11.1. The van der Waals surface area contributed by atoms with E-state index in [1.807, 2.05) is 7.05 Å². The molecule has 0 aromatic heterocycles. The van der Waals surface area contributed by atoms with E-state index in [2.05, 4.69) is 10.2 Å². The number of rotatable bonds is 6. The van der Waals surface area contributed by atoms with Crippen LogP contribution in [0.3, 0.4) is 0 Å². The molecule has 150 valence electrons. The largest absolute Gasteiger partial charge is 0.365 e. The van der Waals surface area contributed by atoms with Gasteiger partial charge in [-0.2, -0.15) is 4.31 Å². The predicted molar refractivity (Wildman–Crippen MR) is 104 cm³/mol. The highest BCUT2D eigenvalue weighted by Gasteiger charge is 2.27. The fourth-order valence-electron chi connectivity index (χ4n) is 3.51. The number of nitrogens with one attached hydrogen (secondary N) is 1. The topological polar surface area (TPSA) is 78.9 Å². The van der Waals surface area contributed by atoms with Gasteiger partial charge in [-0.3, -0.25) is 4.79 Å². The Balaban J connectivity index is 1.58. The number of carbonyl (C=O) groups excluding carboxylic acids is 1. The molecule has 1 aromatic rings. The summed E-state index contributed by atoms with van der Waals surface area (Å²) in [6.45, 7) is 4.19. The van der Waals surface area contributed by atoms with E-state index in [1.165, 1.54) is 4.31 Å². The molecule has 1 heterocycles. The Morgan fingerprint density at radius 3 is 2.30 bits per heavy atom. The van der Waals surface area contributed by atoms with Gasteiger partial charge in [-0.05, 0) is 51.1 Å². The number of amides is 1. The summed E-state index contributed by atoms with van der Waals surface area (Å²) in [5.41, 5.74) is 0.569. The molecule has 1 saturated heterocycles. The Kier molecular flexibility index (Phi) is 6.52. The van der Waals surface area contributed by atoms with Gasteiger partial charge in [0.15, 0.2) is 0 Å². The lowest BCUT2D eigenvalue weighted by atomic mass is 10.2. The molecular formula is C19H29N3O4S. The molecule has 3 rings (SSSR count). The maximum Gasteiger partial charge on any atom is 0.253 e. The molecule has 2 aliphatic rings. The van der Waals surface area contributed by atoms with E-state index < -0.39 is 16.1 Å². The van der Waals surface area contributed by atoms with Gasteiger partial charge >= 0.3 is 0 Å². The lowest BCUT2D eigenvalue weighted by molar-refractivity contribution is -0.129. The summed E-state index contributed by atoms with van der Waals surface area (Å²) in [7, 11) is -1.51. The van der Waals surface area contributed by atoms with Gasteiger partial charge in [0.1, 0.15) is 6.10 Å². The number of anilines is 1. The maximum atomic E-state index is 12.7. The van der Waals surface area contributed by atoms with Crippen molar-refractivity contribution in [3.05, 3.63) is 24.3 Å². The second-order valence-corrected chi connectivity index (χ2v) is 9.34. The van der Waals surface area contributed by atoms with Crippen LogP contribution in [0, 0.1) is 0 Å². The molecule has 2 fully saturated rings. The Bertz CT molecular complexity index is 737. The number of hydrogen-bond donors (Lipinski definition) is 1. The normalized spacial score (nSPS) is 21.3. The Morgan fingerprint density at radius 2 is 1.70 bits per heavy atom. The molecule has 1 N–H and O–H groups in total. The van der Waals surface area contributed by atoms with Gasteiger partial charge in [0.2, 0.25) is 10.0 Å². The van der Waals surface area contributed by atoms with Crippen molar-refractivity contribution in [2.75, 3.05) is 38.5 Å². The molecule has 0 spiro atoms. The summed E-state index contributed by atoms with van der Waals surface area (Å²) in [4.78, 5) is 14.7. The van der Waals surface area contributed by atoms with E-state index in [0.29, 0.717) is 18.8 Å². The van der Waals surface area contributed by atoms with Crippen molar-refractivity contribution >= 4 is 21.6 Å². The second kappa shape index (κ2) is 8.68. The van der Waals surface area contributed by atoms with Gasteiger partial charge in [0.05, 0.1) is 11.0 Å². The molecule has 0 unspecified atom stereocenters. The monoisotopic (exact) mass is 395 g/mol. The molecule has 27 heavy (non-hydrogen) atoms. The Hall–Kier alpha value is -1.48. The van der Waals surface area contributed by atoms with Crippen LogP contribution in [-0.2, 0) is 19.6 Å². The van der Waals surface area contributed by atoms with Crippen molar-refractivity contribution in [2.45, 2.75) is 49.7 Å². The molecular weight excluding hydrogens is 366 g/mol. The summed E-state index contributed by atoms with van der Waals surface area (Å²) in [6, 6.07) is 6.35. The zero-order chi connectivity index (χ0) is 19.4. The van der Waals surface area contributed by atoms with Crippen molar-refractivity contribution in [1.29, 1.82) is 0 Å². The molecule has 0 radical (unpaired) electrons. The van der Waals surface area contributed by atoms with Crippen molar-refractivity contribution in [3.63, 3.8) is 0 Å². The maximum absolute atomic E-state index is 12.7. The van der Waals surface area contributed by atoms with Crippen molar-refractivity contribution in [1.82, 2.24) is 9.21 Å². The van der Waals surface area contributed by atoms with Crippen LogP contribution in [-0.4, -0.2) is 69.0 Å². The molecule has 0 bridgehead atoms. The zero-order valence-corrected chi connectivity index (χ0v) is 16.9. The third kappa shape index (κ3) is 5.07. The van der Waals surface area contributed by atoms with Crippen LogP contribution >= 0.6 is 0 Å². The van der Waals surface area contributed by atoms with E-state index in [-0.39, 0.29) is 16.9 Å². The first kappa shape index (κ1) is 20.3. The van der Waals surface area contributed by atoms with Gasteiger partial charge in [0, 0.05) is 31.9 Å². The standard InChI is InChI=1S/C19H29N3O4S/c1-15(26-17-5-3-4-6-17)19(23)20-16-7-9-18(10-8-16)27(24,25)22-13-11-21(2)12-14-22/h7-10,15,17H,3-6,11-14H2,1-2H3,(H,20,23)/t15-/m0/s1. The van der Waals surface area contributed by atoms with Crippen LogP contribution in [0.2, 0.25) is 0 Å². The molecule has 1 aliphatic heterocycles. The van der Waals surface area contributed by atoms with Crippen LogP contribution in [0.25, 0.3) is 0 Å². The van der Waals surface area contributed by atoms with Gasteiger partial charge in [-0.1, -0.05) is 12.8 Å². The Labute approximate surface area is 161 Å². The predicted octanol–water partition coefficient (Wildman–Crippen LogP) is 1.91. The number of nitrogens with zero attached hydrogens (tertiary/aromatic N) is 2. The quantitative estimate of drug-likeness (QED) is 0.796. The van der Waals surface area contributed by atoms with E-state index >= 15 is 0 Å². The lowest BCUT2D eigenvalue weighted by Crippen LogP contribution is -2.46. The minimum Gasteiger partial charge on any atom is -0.365 e. The number of benzene rings is 1. The Morgan fingerprint density at radius 1 is 1.11 bits per heavy atom. The number of sulfonamides is 1. The van der Waals surface area contributed by atoms with Crippen LogP contribution in [0.15, 0.2) is 29.2 Å². The van der Waals surface area contributed by atoms with Crippen LogP contribution in [0.1, 0.15) is 32.6 Å². The number of piperazine rings is 1. The summed E-state index contributed by atoms with van der Waals surface area (Å²) < 4.78 is 32.8. The van der Waals surface area contributed by atoms with Crippen LogP contribution in [0.4, 0.5) is 5.69 Å². The average Bonchev–Trinajstić information content (AvgIpc) is 3.15. The second-order valence-electron chi connectivity index (χ2n) is 7.41. The molecule has 1 atom stereocenters. The molecule has 1 aromatic carbocycles. The summed E-state index contributed by atoms with van der Waals surface area (Å²) >= 11 is 0. The third-order valence-corrected chi connectivity index (χ3v) is 7.20. The molecule has 1 amide bonds. The third-order valence-electron chi connectivity index (χ3n) is 5.29. The molecule has 1 aliphatic carbocycles.